The quantitative estimate of drug-likeness (QED) is 0.0603. The molecule has 0 saturated heterocycles. The van der Waals surface area contributed by atoms with Gasteiger partial charge < -0.3 is 24.4 Å². The molecule has 64 heavy (non-hydrogen) atoms. The fourth-order valence-corrected chi connectivity index (χ4v) is 12.6. The van der Waals surface area contributed by atoms with Crippen LogP contribution in [-0.4, -0.2) is 53.0 Å². The summed E-state index contributed by atoms with van der Waals surface area (Å²) in [5.41, 5.74) is 5.48. The predicted molar refractivity (Wildman–Crippen MR) is 240 cm³/mol. The van der Waals surface area contributed by atoms with Crippen molar-refractivity contribution in [2.45, 2.75) is 136 Å². The summed E-state index contributed by atoms with van der Waals surface area (Å²) in [6.07, 6.45) is 9.58. The van der Waals surface area contributed by atoms with Crippen LogP contribution in [0.3, 0.4) is 0 Å². The van der Waals surface area contributed by atoms with Crippen molar-refractivity contribution in [2.75, 3.05) is 6.79 Å². The number of aliphatic hydroxyl groups excluding tert-OH is 2. The highest BCUT2D eigenvalue weighted by atomic mass is 16.7. The molecule has 4 aliphatic carbocycles. The van der Waals surface area contributed by atoms with Crippen molar-refractivity contribution in [3.8, 4) is 0 Å². The highest BCUT2D eigenvalue weighted by Gasteiger charge is 2.63. The van der Waals surface area contributed by atoms with Gasteiger partial charge in [-0.1, -0.05) is 93.6 Å². The van der Waals surface area contributed by atoms with Gasteiger partial charge in [0.2, 0.25) is 12.7 Å². The number of amides is 1. The third kappa shape index (κ3) is 11.4. The van der Waals surface area contributed by atoms with E-state index in [1.165, 1.54) is 12.8 Å². The van der Waals surface area contributed by atoms with Crippen LogP contribution in [0, 0.1) is 52.3 Å². The van der Waals surface area contributed by atoms with Crippen LogP contribution in [0.15, 0.2) is 84.9 Å². The fourth-order valence-electron chi connectivity index (χ4n) is 12.6. The molecule has 0 aromatic heterocycles. The minimum atomic E-state index is -0.622. The first-order valence-electron chi connectivity index (χ1n) is 23.7. The molecular weight excluding hydrogens is 811 g/mol. The molecule has 1 amide bonds. The van der Waals surface area contributed by atoms with Crippen LogP contribution in [0.25, 0.3) is 0 Å². The van der Waals surface area contributed by atoms with E-state index in [2.05, 4.69) is 26.3 Å². The number of fused-ring (bicyclic) bond motifs is 5. The second-order valence-corrected chi connectivity index (χ2v) is 19.9. The summed E-state index contributed by atoms with van der Waals surface area (Å²) in [4.78, 5) is 56.8. The number of hydrogen-bond donors (Lipinski definition) is 3. The summed E-state index contributed by atoms with van der Waals surface area (Å²) in [6, 6.07) is 25.8. The van der Waals surface area contributed by atoms with Crippen molar-refractivity contribution >= 4 is 23.8 Å². The van der Waals surface area contributed by atoms with Crippen LogP contribution in [0.1, 0.15) is 131 Å². The molecule has 4 fully saturated rings. The Morgan fingerprint density at radius 1 is 0.719 bits per heavy atom. The number of ether oxygens (including phenoxy) is 3. The summed E-state index contributed by atoms with van der Waals surface area (Å²) in [6.45, 7) is 6.86. The van der Waals surface area contributed by atoms with E-state index in [0.29, 0.717) is 54.4 Å². The van der Waals surface area contributed by atoms with Gasteiger partial charge >= 0.3 is 17.9 Å². The first-order valence-corrected chi connectivity index (χ1v) is 23.7. The minimum absolute atomic E-state index is 0.106. The molecule has 11 nitrogen and oxygen atoms in total. The molecular formula is C53H69NO10. The molecule has 0 heterocycles. The molecule has 3 N–H and O–H groups in total. The molecule has 0 bridgehead atoms. The van der Waals surface area contributed by atoms with Crippen LogP contribution < -0.4 is 5.48 Å². The Labute approximate surface area is 378 Å². The van der Waals surface area contributed by atoms with Crippen molar-refractivity contribution in [2.24, 2.45) is 52.3 Å². The van der Waals surface area contributed by atoms with Crippen LogP contribution in [0.5, 0.6) is 0 Å². The summed E-state index contributed by atoms with van der Waals surface area (Å²) in [5, 5.41) is 22.3. The molecule has 7 rings (SSSR count). The average molecular weight is 880 g/mol. The van der Waals surface area contributed by atoms with Crippen LogP contribution >= 0.6 is 0 Å². The lowest BCUT2D eigenvalue weighted by Crippen LogP contribution is -2.58. The molecule has 4 aliphatic rings. The zero-order valence-corrected chi connectivity index (χ0v) is 38.0. The molecule has 3 aromatic rings. The topological polar surface area (TPSA) is 158 Å². The third-order valence-electron chi connectivity index (χ3n) is 16.2. The molecule has 0 radical (unpaired) electrons. The second-order valence-electron chi connectivity index (χ2n) is 19.9. The standard InChI is InChI=1S/C53H69NO10/c1-35(44-22-23-45-43-21-20-41-30-42(55)26-27-52(41,2)46(43)31-47(56)53(44,45)3)14-25-49(58)62-34-63-51(60)40-18-15-36(16-19-40)28-39(29-50(59)61-32-37-10-6-4-7-11-37)17-24-48(57)54-64-33-38-12-8-5-9-13-38/h4-13,15-16,18-19,35,39,41-47,55-56H,14,17,20-34H2,1-3H3,(H,54,57)/t35-,39?,41-,42-,43?,44?,45?,46?,47+,52+,53-/m1/s1. The Morgan fingerprint density at radius 3 is 2.14 bits per heavy atom. The Balaban J connectivity index is 0.848. The smallest absolute Gasteiger partial charge is 0.340 e. The van der Waals surface area contributed by atoms with E-state index in [4.69, 9.17) is 19.0 Å². The monoisotopic (exact) mass is 879 g/mol. The number of rotatable bonds is 19. The number of hydroxylamine groups is 1. The van der Waals surface area contributed by atoms with Crippen molar-refractivity contribution in [1.29, 1.82) is 0 Å². The zero-order valence-electron chi connectivity index (χ0n) is 38.0. The Kier molecular flexibility index (Phi) is 16.0. The van der Waals surface area contributed by atoms with Gasteiger partial charge in [-0.25, -0.2) is 10.3 Å². The van der Waals surface area contributed by atoms with Gasteiger partial charge in [0.25, 0.3) is 0 Å². The first-order chi connectivity index (χ1) is 30.8. The maximum atomic E-state index is 12.9. The highest BCUT2D eigenvalue weighted by Crippen LogP contribution is 2.68. The molecule has 3 aromatic carbocycles. The van der Waals surface area contributed by atoms with E-state index in [1.54, 1.807) is 24.3 Å². The minimum Gasteiger partial charge on any atom is -0.461 e. The van der Waals surface area contributed by atoms with Crippen LogP contribution in [0.2, 0.25) is 0 Å². The normalized spacial score (nSPS) is 29.2. The zero-order chi connectivity index (χ0) is 45.3. The summed E-state index contributed by atoms with van der Waals surface area (Å²) in [5.74, 6) is 0.734. The molecule has 0 spiro atoms. The van der Waals surface area contributed by atoms with Gasteiger partial charge in [-0.15, -0.1) is 0 Å². The predicted octanol–water partition coefficient (Wildman–Crippen LogP) is 9.07. The van der Waals surface area contributed by atoms with Gasteiger partial charge in [0.15, 0.2) is 0 Å². The lowest BCUT2D eigenvalue weighted by atomic mass is 9.43. The maximum absolute atomic E-state index is 12.9. The van der Waals surface area contributed by atoms with Gasteiger partial charge in [0, 0.05) is 19.3 Å². The van der Waals surface area contributed by atoms with E-state index in [0.717, 1.165) is 55.2 Å². The average Bonchev–Trinajstić information content (AvgIpc) is 3.66. The molecule has 4 saturated carbocycles. The largest absolute Gasteiger partial charge is 0.461 e. The first kappa shape index (κ1) is 47.4. The highest BCUT2D eigenvalue weighted by molar-refractivity contribution is 5.89. The maximum Gasteiger partial charge on any atom is 0.340 e. The number of esters is 3. The molecule has 0 aliphatic heterocycles. The Morgan fingerprint density at radius 2 is 1.42 bits per heavy atom. The number of nitrogens with one attached hydrogen (secondary N) is 1. The van der Waals surface area contributed by atoms with Gasteiger partial charge in [-0.2, -0.15) is 0 Å². The number of aliphatic hydroxyl groups is 2. The van der Waals surface area contributed by atoms with E-state index in [9.17, 15) is 29.4 Å². The molecule has 346 valence electrons. The number of carbonyl (C=O) groups excluding carboxylic acids is 4. The summed E-state index contributed by atoms with van der Waals surface area (Å²) >= 11 is 0. The van der Waals surface area contributed by atoms with Crippen LogP contribution in [0.4, 0.5) is 0 Å². The molecule has 5 unspecified atom stereocenters. The Bertz CT molecular complexity index is 2010. The van der Waals surface area contributed by atoms with E-state index < -0.39 is 18.7 Å². The van der Waals surface area contributed by atoms with Gasteiger partial charge in [-0.05, 0) is 152 Å². The second kappa shape index (κ2) is 21.6. The van der Waals surface area contributed by atoms with E-state index in [-0.39, 0.29) is 79.2 Å². The van der Waals surface area contributed by atoms with E-state index >= 15 is 0 Å². The summed E-state index contributed by atoms with van der Waals surface area (Å²) in [7, 11) is 0. The Hall–Kier alpha value is -4.58. The molecule has 11 atom stereocenters. The SMILES string of the molecule is C[C@H](CCC(=O)OCOC(=O)c1ccc(CC(CCC(=O)NOCc2ccccc2)CC(=O)OCc2ccccc2)cc1)C1CCC2C3CC[C@@H]4C[C@H](O)CC[C@]4(C)C3C[C@H](O)[C@@]21C. The lowest BCUT2D eigenvalue weighted by molar-refractivity contribution is -0.175. The third-order valence-corrected chi connectivity index (χ3v) is 16.2. The van der Waals surface area contributed by atoms with Gasteiger partial charge in [0.05, 0.1) is 24.4 Å². The molecule has 11 heteroatoms. The van der Waals surface area contributed by atoms with Crippen molar-refractivity contribution in [3.63, 3.8) is 0 Å². The van der Waals surface area contributed by atoms with Crippen molar-refractivity contribution in [3.05, 3.63) is 107 Å². The van der Waals surface area contributed by atoms with E-state index in [1.807, 2.05) is 60.7 Å². The fraction of sp³-hybridized carbons (Fsp3) is 0.585. The van der Waals surface area contributed by atoms with Gasteiger partial charge in [-0.3, -0.25) is 19.2 Å². The lowest BCUT2D eigenvalue weighted by Gasteiger charge is -2.62. The number of carbonyl (C=O) groups is 4. The van der Waals surface area contributed by atoms with Gasteiger partial charge in [0.1, 0.15) is 6.61 Å². The van der Waals surface area contributed by atoms with Crippen molar-refractivity contribution < 1.29 is 48.4 Å². The summed E-state index contributed by atoms with van der Waals surface area (Å²) < 4.78 is 16.2. The van der Waals surface area contributed by atoms with Crippen LogP contribution in [-0.2, 0) is 53.1 Å². The number of benzene rings is 3. The number of hydrogen-bond acceptors (Lipinski definition) is 10. The van der Waals surface area contributed by atoms with Crippen molar-refractivity contribution in [1.82, 2.24) is 5.48 Å².